The Morgan fingerprint density at radius 1 is 0.969 bits per heavy atom. The molecular weight excluding hydrogens is 404 g/mol. The van der Waals surface area contributed by atoms with Gasteiger partial charge in [0, 0.05) is 17.5 Å². The van der Waals surface area contributed by atoms with E-state index in [-0.39, 0.29) is 18.0 Å². The third-order valence-electron chi connectivity index (χ3n) is 5.46. The molecule has 0 aliphatic heterocycles. The Kier molecular flexibility index (Phi) is 6.08. The fraction of sp³-hybridized carbons (Fsp3) is 0.185. The smallest absolute Gasteiger partial charge is 0.340 e. The molecule has 4 aromatic rings. The van der Waals surface area contributed by atoms with Crippen LogP contribution in [-0.4, -0.2) is 19.5 Å². The van der Waals surface area contributed by atoms with Gasteiger partial charge in [-0.05, 0) is 54.8 Å². The third kappa shape index (κ3) is 4.42. The Morgan fingerprint density at radius 2 is 1.75 bits per heavy atom. The first-order chi connectivity index (χ1) is 15.5. The predicted octanol–water partition coefficient (Wildman–Crippen LogP) is 5.27. The summed E-state index contributed by atoms with van der Waals surface area (Å²) in [4.78, 5) is 25.4. The lowest BCUT2D eigenvalue weighted by Gasteiger charge is -2.14. The van der Waals surface area contributed by atoms with Gasteiger partial charge in [-0.15, -0.1) is 0 Å². The number of hydrogen-bond acceptors (Lipinski definition) is 5. The van der Waals surface area contributed by atoms with Gasteiger partial charge in [-0.2, -0.15) is 0 Å². The molecule has 1 heterocycles. The molecule has 5 heteroatoms. The Morgan fingerprint density at radius 3 is 2.50 bits per heavy atom. The second-order valence-electron chi connectivity index (χ2n) is 7.74. The number of methoxy groups -OCH3 is 1. The number of ketones is 1. The van der Waals surface area contributed by atoms with Crippen LogP contribution in [0.2, 0.25) is 0 Å². The summed E-state index contributed by atoms with van der Waals surface area (Å²) in [6.45, 7) is 3.64. The van der Waals surface area contributed by atoms with E-state index in [1.165, 1.54) is 0 Å². The molecule has 5 nitrogen and oxygen atoms in total. The van der Waals surface area contributed by atoms with Gasteiger partial charge in [-0.1, -0.05) is 42.5 Å². The van der Waals surface area contributed by atoms with Crippen LogP contribution in [0.3, 0.4) is 0 Å². The van der Waals surface area contributed by atoms with Gasteiger partial charge in [0.15, 0.2) is 12.4 Å². The van der Waals surface area contributed by atoms with Crippen LogP contribution < -0.4 is 15.1 Å². The Bertz CT molecular complexity index is 1340. The molecular formula is C27H24O5. The second kappa shape index (κ2) is 9.10. The van der Waals surface area contributed by atoms with E-state index < -0.39 is 0 Å². The maximum absolute atomic E-state index is 12.7. The zero-order valence-corrected chi connectivity index (χ0v) is 18.3. The minimum atomic E-state index is -0.358. The highest BCUT2D eigenvalue weighted by atomic mass is 16.5. The summed E-state index contributed by atoms with van der Waals surface area (Å²) in [5.41, 5.74) is 3.87. The lowest BCUT2D eigenvalue weighted by Crippen LogP contribution is -2.14. The molecule has 3 aromatic carbocycles. The van der Waals surface area contributed by atoms with Crippen LogP contribution in [0.15, 0.2) is 75.9 Å². The SMILES string of the molecule is COc1cccc(C(=O)COc2cc(C)cc3oc(=O)c(Cc4ccccc4)c(C)c23)c1. The molecule has 0 aliphatic rings. The summed E-state index contributed by atoms with van der Waals surface area (Å²) < 4.78 is 16.8. The highest BCUT2D eigenvalue weighted by Crippen LogP contribution is 2.32. The molecule has 1 aromatic heterocycles. The van der Waals surface area contributed by atoms with Gasteiger partial charge < -0.3 is 13.9 Å². The number of benzene rings is 3. The van der Waals surface area contributed by atoms with Crippen molar-refractivity contribution in [1.29, 1.82) is 0 Å². The maximum Gasteiger partial charge on any atom is 0.340 e. The molecule has 32 heavy (non-hydrogen) atoms. The monoisotopic (exact) mass is 428 g/mol. The minimum absolute atomic E-state index is 0.141. The Balaban J connectivity index is 1.69. The lowest BCUT2D eigenvalue weighted by atomic mass is 9.98. The van der Waals surface area contributed by atoms with Crippen LogP contribution in [0, 0.1) is 13.8 Å². The van der Waals surface area contributed by atoms with Gasteiger partial charge in [0.1, 0.15) is 17.1 Å². The van der Waals surface area contributed by atoms with E-state index in [2.05, 4.69) is 0 Å². The topological polar surface area (TPSA) is 65.7 Å². The van der Waals surface area contributed by atoms with Crippen molar-refractivity contribution in [2.45, 2.75) is 20.3 Å². The molecule has 0 saturated heterocycles. The van der Waals surface area contributed by atoms with Crippen molar-refractivity contribution in [2.24, 2.45) is 0 Å². The highest BCUT2D eigenvalue weighted by molar-refractivity contribution is 5.98. The van der Waals surface area contributed by atoms with E-state index in [9.17, 15) is 9.59 Å². The summed E-state index contributed by atoms with van der Waals surface area (Å²) in [6, 6.07) is 20.4. The predicted molar refractivity (Wildman–Crippen MR) is 124 cm³/mol. The number of carbonyl (C=O) groups excluding carboxylic acids is 1. The number of carbonyl (C=O) groups is 1. The van der Waals surface area contributed by atoms with Gasteiger partial charge in [0.25, 0.3) is 0 Å². The number of aryl methyl sites for hydroxylation is 2. The van der Waals surface area contributed by atoms with Crippen molar-refractivity contribution in [1.82, 2.24) is 0 Å². The largest absolute Gasteiger partial charge is 0.497 e. The lowest BCUT2D eigenvalue weighted by molar-refractivity contribution is 0.0922. The molecule has 0 radical (unpaired) electrons. The molecule has 4 rings (SSSR count). The van der Waals surface area contributed by atoms with Crippen molar-refractivity contribution >= 4 is 16.8 Å². The first-order valence-electron chi connectivity index (χ1n) is 10.4. The van der Waals surface area contributed by atoms with E-state index in [1.54, 1.807) is 31.4 Å². The zero-order valence-electron chi connectivity index (χ0n) is 18.3. The number of hydrogen-bond donors (Lipinski definition) is 0. The van der Waals surface area contributed by atoms with Crippen LogP contribution in [0.4, 0.5) is 0 Å². The van der Waals surface area contributed by atoms with Gasteiger partial charge in [-0.25, -0.2) is 4.79 Å². The van der Waals surface area contributed by atoms with Crippen LogP contribution in [0.1, 0.15) is 32.6 Å². The quantitative estimate of drug-likeness (QED) is 0.296. The normalized spacial score (nSPS) is 10.8. The van der Waals surface area contributed by atoms with Crippen molar-refractivity contribution in [3.8, 4) is 11.5 Å². The molecule has 0 atom stereocenters. The van der Waals surface area contributed by atoms with E-state index in [4.69, 9.17) is 13.9 Å². The second-order valence-corrected chi connectivity index (χ2v) is 7.74. The molecule has 0 aliphatic carbocycles. The summed E-state index contributed by atoms with van der Waals surface area (Å²) in [7, 11) is 1.56. The summed E-state index contributed by atoms with van der Waals surface area (Å²) in [6.07, 6.45) is 0.459. The average Bonchev–Trinajstić information content (AvgIpc) is 2.80. The average molecular weight is 428 g/mol. The van der Waals surface area contributed by atoms with E-state index in [0.29, 0.717) is 40.0 Å². The fourth-order valence-electron chi connectivity index (χ4n) is 3.78. The molecule has 0 amide bonds. The first-order valence-corrected chi connectivity index (χ1v) is 10.4. The van der Waals surface area contributed by atoms with Crippen molar-refractivity contribution in [3.05, 3.63) is 105 Å². The van der Waals surface area contributed by atoms with E-state index >= 15 is 0 Å². The Labute approximate surface area is 186 Å². The molecule has 0 N–H and O–H groups in total. The Hall–Kier alpha value is -3.86. The standard InChI is InChI=1S/C27H24O5/c1-17-12-24(31-16-23(28)20-10-7-11-21(15-20)30-3)26-18(2)22(27(29)32-25(26)13-17)14-19-8-5-4-6-9-19/h4-13,15H,14,16H2,1-3H3. The van der Waals surface area contributed by atoms with Crippen LogP contribution in [0.5, 0.6) is 11.5 Å². The maximum atomic E-state index is 12.7. The first kappa shape index (κ1) is 21.4. The van der Waals surface area contributed by atoms with E-state index in [0.717, 1.165) is 16.7 Å². The third-order valence-corrected chi connectivity index (χ3v) is 5.46. The van der Waals surface area contributed by atoms with Crippen molar-refractivity contribution in [3.63, 3.8) is 0 Å². The number of rotatable bonds is 7. The van der Waals surface area contributed by atoms with Crippen LogP contribution >= 0.6 is 0 Å². The van der Waals surface area contributed by atoms with Crippen molar-refractivity contribution in [2.75, 3.05) is 13.7 Å². The minimum Gasteiger partial charge on any atom is -0.497 e. The van der Waals surface area contributed by atoms with Gasteiger partial charge in [0.2, 0.25) is 0 Å². The van der Waals surface area contributed by atoms with Gasteiger partial charge >= 0.3 is 5.63 Å². The molecule has 0 saturated carbocycles. The van der Waals surface area contributed by atoms with Gasteiger partial charge in [-0.3, -0.25) is 4.79 Å². The van der Waals surface area contributed by atoms with E-state index in [1.807, 2.05) is 56.3 Å². The number of ether oxygens (including phenoxy) is 2. The number of Topliss-reactive ketones (excluding diaryl/α,β-unsaturated/α-hetero) is 1. The summed E-state index contributed by atoms with van der Waals surface area (Å²) >= 11 is 0. The zero-order chi connectivity index (χ0) is 22.7. The fourth-order valence-corrected chi connectivity index (χ4v) is 3.78. The molecule has 0 spiro atoms. The molecule has 162 valence electrons. The highest BCUT2D eigenvalue weighted by Gasteiger charge is 2.17. The van der Waals surface area contributed by atoms with Crippen LogP contribution in [-0.2, 0) is 6.42 Å². The molecule has 0 unspecified atom stereocenters. The van der Waals surface area contributed by atoms with Crippen LogP contribution in [0.25, 0.3) is 11.0 Å². The van der Waals surface area contributed by atoms with Gasteiger partial charge in [0.05, 0.1) is 12.5 Å². The molecule has 0 fully saturated rings. The summed E-state index contributed by atoms with van der Waals surface area (Å²) in [5, 5.41) is 0.708. The number of fused-ring (bicyclic) bond motifs is 1. The van der Waals surface area contributed by atoms with Crippen molar-refractivity contribution < 1.29 is 18.7 Å². The summed E-state index contributed by atoms with van der Waals surface area (Å²) in [5.74, 6) is 0.963. The molecule has 0 bridgehead atoms.